The molecule has 0 spiro atoms. The van der Waals surface area contributed by atoms with Gasteiger partial charge in [0.2, 0.25) is 0 Å². The summed E-state index contributed by atoms with van der Waals surface area (Å²) in [6.45, 7) is 3.54. The van der Waals surface area contributed by atoms with Crippen molar-refractivity contribution in [1.29, 1.82) is 0 Å². The molecule has 1 unspecified atom stereocenters. The third kappa shape index (κ3) is 2.78. The zero-order valence-corrected chi connectivity index (χ0v) is 10.6. The lowest BCUT2D eigenvalue weighted by Crippen LogP contribution is -2.30. The standard InChI is InChI=1S/C11H14Cl2N2O/c1-7-5-9(12)15-11(13)10(7)14-8-3-2-4-16-6-8/h5,8,14H,2-4,6H2,1H3. The highest BCUT2D eigenvalue weighted by Crippen LogP contribution is 2.28. The van der Waals surface area contributed by atoms with Gasteiger partial charge in [0.25, 0.3) is 0 Å². The molecule has 1 N–H and O–H groups in total. The number of aryl methyl sites for hydroxylation is 1. The predicted molar refractivity (Wildman–Crippen MR) is 66.5 cm³/mol. The molecule has 3 nitrogen and oxygen atoms in total. The maximum atomic E-state index is 6.06. The van der Waals surface area contributed by atoms with Crippen LogP contribution in [0.2, 0.25) is 10.3 Å². The van der Waals surface area contributed by atoms with Crippen LogP contribution in [0.4, 0.5) is 5.69 Å². The molecule has 1 atom stereocenters. The SMILES string of the molecule is Cc1cc(Cl)nc(Cl)c1NC1CCCOC1. The van der Waals surface area contributed by atoms with E-state index in [2.05, 4.69) is 10.3 Å². The summed E-state index contributed by atoms with van der Waals surface area (Å²) in [6, 6.07) is 2.12. The van der Waals surface area contributed by atoms with Crippen LogP contribution in [0, 0.1) is 6.92 Å². The van der Waals surface area contributed by atoms with Crippen molar-refractivity contribution in [3.63, 3.8) is 0 Å². The molecule has 16 heavy (non-hydrogen) atoms. The smallest absolute Gasteiger partial charge is 0.154 e. The Morgan fingerprint density at radius 2 is 2.31 bits per heavy atom. The average Bonchev–Trinajstić information content (AvgIpc) is 2.25. The van der Waals surface area contributed by atoms with E-state index < -0.39 is 0 Å². The molecule has 2 heterocycles. The number of nitrogens with zero attached hydrogens (tertiary/aromatic N) is 1. The molecule has 0 radical (unpaired) electrons. The Hall–Kier alpha value is -0.510. The number of anilines is 1. The molecule has 1 aliphatic rings. The zero-order valence-electron chi connectivity index (χ0n) is 9.09. The van der Waals surface area contributed by atoms with Crippen LogP contribution in [0.3, 0.4) is 0 Å². The summed E-state index contributed by atoms with van der Waals surface area (Å²) in [6.07, 6.45) is 2.17. The molecule has 0 saturated carbocycles. The number of rotatable bonds is 2. The molecule has 1 saturated heterocycles. The molecule has 0 aromatic carbocycles. The van der Waals surface area contributed by atoms with Gasteiger partial charge in [0.1, 0.15) is 5.15 Å². The normalized spacial score (nSPS) is 20.8. The number of hydrogen-bond donors (Lipinski definition) is 1. The molecule has 88 valence electrons. The molecule has 1 aromatic rings. The van der Waals surface area contributed by atoms with E-state index in [9.17, 15) is 0 Å². The first-order valence-corrected chi connectivity index (χ1v) is 6.09. The maximum Gasteiger partial charge on any atom is 0.154 e. The molecule has 0 aliphatic carbocycles. The molecule has 5 heteroatoms. The van der Waals surface area contributed by atoms with Crippen LogP contribution in [0.25, 0.3) is 0 Å². The Kier molecular flexibility index (Phi) is 3.90. The number of pyridine rings is 1. The average molecular weight is 261 g/mol. The van der Waals surface area contributed by atoms with Gasteiger partial charge in [-0.2, -0.15) is 0 Å². The van der Waals surface area contributed by atoms with Crippen LogP contribution in [-0.2, 0) is 4.74 Å². The van der Waals surface area contributed by atoms with Crippen molar-refractivity contribution in [1.82, 2.24) is 4.98 Å². The number of ether oxygens (including phenoxy) is 1. The van der Waals surface area contributed by atoms with Crippen molar-refractivity contribution in [2.75, 3.05) is 18.5 Å². The van der Waals surface area contributed by atoms with Crippen LogP contribution in [-0.4, -0.2) is 24.2 Å². The number of halogens is 2. The van der Waals surface area contributed by atoms with Gasteiger partial charge in [-0.1, -0.05) is 23.2 Å². The molecule has 2 rings (SSSR count). The minimum atomic E-state index is 0.313. The van der Waals surface area contributed by atoms with Crippen molar-refractivity contribution in [2.24, 2.45) is 0 Å². The van der Waals surface area contributed by atoms with Gasteiger partial charge < -0.3 is 10.1 Å². The van der Waals surface area contributed by atoms with E-state index in [-0.39, 0.29) is 0 Å². The quantitative estimate of drug-likeness (QED) is 0.829. The summed E-state index contributed by atoms with van der Waals surface area (Å²) in [5.74, 6) is 0. The van der Waals surface area contributed by atoms with E-state index in [1.807, 2.05) is 6.92 Å². The first-order valence-electron chi connectivity index (χ1n) is 5.34. The van der Waals surface area contributed by atoms with Gasteiger partial charge in [0.15, 0.2) is 5.15 Å². The van der Waals surface area contributed by atoms with E-state index in [0.29, 0.717) is 16.3 Å². The van der Waals surface area contributed by atoms with Gasteiger partial charge in [0.05, 0.1) is 12.3 Å². The fraction of sp³-hybridized carbons (Fsp3) is 0.545. The molecular weight excluding hydrogens is 247 g/mol. The van der Waals surface area contributed by atoms with Crippen LogP contribution in [0.5, 0.6) is 0 Å². The second kappa shape index (κ2) is 5.21. The van der Waals surface area contributed by atoms with Gasteiger partial charge in [-0.05, 0) is 31.4 Å². The first-order chi connectivity index (χ1) is 7.66. The number of aromatic nitrogens is 1. The monoisotopic (exact) mass is 260 g/mol. The van der Waals surface area contributed by atoms with Crippen LogP contribution in [0.15, 0.2) is 6.07 Å². The van der Waals surface area contributed by atoms with Crippen molar-refractivity contribution in [2.45, 2.75) is 25.8 Å². The van der Waals surface area contributed by atoms with Gasteiger partial charge >= 0.3 is 0 Å². The third-order valence-corrected chi connectivity index (χ3v) is 3.12. The highest BCUT2D eigenvalue weighted by atomic mass is 35.5. The Morgan fingerprint density at radius 3 is 2.94 bits per heavy atom. The van der Waals surface area contributed by atoms with Crippen molar-refractivity contribution < 1.29 is 4.74 Å². The fourth-order valence-corrected chi connectivity index (χ4v) is 2.41. The highest BCUT2D eigenvalue weighted by molar-refractivity contribution is 6.34. The van der Waals surface area contributed by atoms with Crippen LogP contribution >= 0.6 is 23.2 Å². The second-order valence-corrected chi connectivity index (χ2v) is 4.73. The highest BCUT2D eigenvalue weighted by Gasteiger charge is 2.16. The molecule has 1 fully saturated rings. The minimum absolute atomic E-state index is 0.313. The fourth-order valence-electron chi connectivity index (χ4n) is 1.83. The molecule has 1 aromatic heterocycles. The van der Waals surface area contributed by atoms with E-state index >= 15 is 0 Å². The van der Waals surface area contributed by atoms with E-state index in [4.69, 9.17) is 27.9 Å². The van der Waals surface area contributed by atoms with Crippen molar-refractivity contribution in [3.8, 4) is 0 Å². The maximum absolute atomic E-state index is 6.06. The predicted octanol–water partition coefficient (Wildman–Crippen LogP) is 3.29. The minimum Gasteiger partial charge on any atom is -0.379 e. The van der Waals surface area contributed by atoms with Crippen LogP contribution < -0.4 is 5.32 Å². The Morgan fingerprint density at radius 1 is 1.50 bits per heavy atom. The number of hydrogen-bond acceptors (Lipinski definition) is 3. The first kappa shape index (κ1) is 12.0. The molecule has 0 amide bonds. The molecule has 1 aliphatic heterocycles. The molecular formula is C11H14Cl2N2O. The third-order valence-electron chi connectivity index (χ3n) is 2.65. The summed E-state index contributed by atoms with van der Waals surface area (Å²) >= 11 is 11.9. The van der Waals surface area contributed by atoms with Gasteiger partial charge in [-0.25, -0.2) is 4.98 Å². The zero-order chi connectivity index (χ0) is 11.5. The topological polar surface area (TPSA) is 34.2 Å². The lowest BCUT2D eigenvalue weighted by atomic mass is 10.1. The van der Waals surface area contributed by atoms with Crippen LogP contribution in [0.1, 0.15) is 18.4 Å². The summed E-state index contributed by atoms with van der Waals surface area (Å²) in [5, 5.41) is 4.22. The summed E-state index contributed by atoms with van der Waals surface area (Å²) in [4.78, 5) is 4.03. The van der Waals surface area contributed by atoms with Gasteiger partial charge in [-0.3, -0.25) is 0 Å². The Balaban J connectivity index is 2.14. The van der Waals surface area contributed by atoms with Crippen molar-refractivity contribution >= 4 is 28.9 Å². The largest absolute Gasteiger partial charge is 0.379 e. The second-order valence-electron chi connectivity index (χ2n) is 3.99. The Labute approximate surface area is 105 Å². The summed E-state index contributed by atoms with van der Waals surface area (Å²) in [7, 11) is 0. The lowest BCUT2D eigenvalue weighted by molar-refractivity contribution is 0.0876. The lowest BCUT2D eigenvalue weighted by Gasteiger charge is -2.25. The van der Waals surface area contributed by atoms with E-state index in [1.165, 1.54) is 0 Å². The number of nitrogens with one attached hydrogen (secondary N) is 1. The van der Waals surface area contributed by atoms with Crippen molar-refractivity contribution in [3.05, 3.63) is 21.9 Å². The summed E-state index contributed by atoms with van der Waals surface area (Å²) < 4.78 is 5.41. The van der Waals surface area contributed by atoms with Gasteiger partial charge in [0, 0.05) is 12.6 Å². The van der Waals surface area contributed by atoms with Gasteiger partial charge in [-0.15, -0.1) is 0 Å². The summed E-state index contributed by atoms with van der Waals surface area (Å²) in [5.41, 5.74) is 1.87. The molecule has 0 bridgehead atoms. The Bertz CT molecular complexity index is 355. The van der Waals surface area contributed by atoms with E-state index in [1.54, 1.807) is 6.07 Å². The van der Waals surface area contributed by atoms with E-state index in [0.717, 1.165) is 37.3 Å².